The number of halogens is 1. The van der Waals surface area contributed by atoms with Crippen LogP contribution in [-0.4, -0.2) is 41.9 Å². The third kappa shape index (κ3) is 12.0. The van der Waals surface area contributed by atoms with Crippen molar-refractivity contribution in [1.82, 2.24) is 4.90 Å². The number of para-hydroxylation sites is 1. The molecule has 51 heavy (non-hydrogen) atoms. The molecule has 0 saturated carbocycles. The Hall–Kier alpha value is -4.58. The summed E-state index contributed by atoms with van der Waals surface area (Å²) in [4.78, 5) is 34.0. The highest BCUT2D eigenvalue weighted by Crippen LogP contribution is 2.33. The molecule has 0 aliphatic carbocycles. The summed E-state index contributed by atoms with van der Waals surface area (Å²) in [6, 6.07) is 20.9. The zero-order valence-corrected chi connectivity index (χ0v) is 32.5. The Morgan fingerprint density at radius 3 is 2.25 bits per heavy atom. The molecule has 3 aromatic rings. The normalized spacial score (nSPS) is 14.2. The molecule has 0 N–H and O–H groups in total. The molecular formula is C45H60FN3O2. The first-order valence-electron chi connectivity index (χ1n) is 18.7. The summed E-state index contributed by atoms with van der Waals surface area (Å²) in [5, 5.41) is 0. The van der Waals surface area contributed by atoms with Crippen molar-refractivity contribution in [1.29, 1.82) is 0 Å². The van der Waals surface area contributed by atoms with Crippen molar-refractivity contribution in [2.75, 3.05) is 18.0 Å². The fourth-order valence-corrected chi connectivity index (χ4v) is 6.12. The van der Waals surface area contributed by atoms with E-state index in [1.54, 1.807) is 12.1 Å². The number of rotatable bonds is 13. The van der Waals surface area contributed by atoms with Gasteiger partial charge in [-0.1, -0.05) is 90.6 Å². The molecule has 0 aromatic heterocycles. The number of aryl methyl sites for hydroxylation is 2. The minimum Gasteiger partial charge on any atom is -0.341 e. The van der Waals surface area contributed by atoms with Gasteiger partial charge in [0.05, 0.1) is 5.71 Å². The predicted molar refractivity (Wildman–Crippen MR) is 215 cm³/mol. The first-order chi connectivity index (χ1) is 24.7. The van der Waals surface area contributed by atoms with Gasteiger partial charge >= 0.3 is 0 Å². The number of hydrogen-bond acceptors (Lipinski definition) is 4. The molecule has 1 amide bonds. The second-order valence-electron chi connectivity index (χ2n) is 12.4. The van der Waals surface area contributed by atoms with Gasteiger partial charge in [-0.05, 0) is 111 Å². The van der Waals surface area contributed by atoms with E-state index >= 15 is 0 Å². The van der Waals surface area contributed by atoms with Crippen LogP contribution < -0.4 is 4.90 Å². The van der Waals surface area contributed by atoms with E-state index in [0.29, 0.717) is 25.2 Å². The number of likely N-dealkylation sites (tertiary alicyclic amines) is 1. The van der Waals surface area contributed by atoms with Crippen molar-refractivity contribution in [3.63, 3.8) is 0 Å². The lowest BCUT2D eigenvalue weighted by molar-refractivity contribution is -0.104. The number of nitrogens with zero attached hydrogens (tertiary/aromatic N) is 3. The molecule has 1 aliphatic rings. The quantitative estimate of drug-likeness (QED) is 0.0775. The van der Waals surface area contributed by atoms with E-state index in [1.165, 1.54) is 12.1 Å². The molecule has 1 atom stereocenters. The zero-order chi connectivity index (χ0) is 37.9. The number of benzene rings is 3. The number of hydrogen-bond donors (Lipinski definition) is 0. The van der Waals surface area contributed by atoms with E-state index in [0.717, 1.165) is 76.9 Å². The van der Waals surface area contributed by atoms with Crippen LogP contribution in [0.3, 0.4) is 0 Å². The van der Waals surface area contributed by atoms with Crippen LogP contribution in [0.15, 0.2) is 108 Å². The smallest absolute Gasteiger partial charge is 0.253 e. The van der Waals surface area contributed by atoms with Gasteiger partial charge in [-0.2, -0.15) is 0 Å². The third-order valence-corrected chi connectivity index (χ3v) is 8.96. The van der Waals surface area contributed by atoms with Crippen molar-refractivity contribution in [2.45, 2.75) is 101 Å². The second kappa shape index (κ2) is 22.3. The molecule has 1 aliphatic heterocycles. The summed E-state index contributed by atoms with van der Waals surface area (Å²) in [6.07, 6.45) is 9.47. The number of amides is 1. The Labute approximate surface area is 307 Å². The lowest BCUT2D eigenvalue weighted by atomic mass is 9.91. The maximum absolute atomic E-state index is 14.1. The molecule has 274 valence electrons. The first-order valence-corrected chi connectivity index (χ1v) is 18.7. The monoisotopic (exact) mass is 693 g/mol. The van der Waals surface area contributed by atoms with Crippen LogP contribution in [-0.2, 0) is 11.3 Å². The first kappa shape index (κ1) is 42.6. The maximum Gasteiger partial charge on any atom is 0.253 e. The molecule has 0 bridgehead atoms. The number of allylic oxidation sites excluding steroid dienone is 5. The Bertz CT molecular complexity index is 1660. The highest BCUT2D eigenvalue weighted by molar-refractivity contribution is 6.15. The average Bonchev–Trinajstić information content (AvgIpc) is 3.16. The molecule has 1 fully saturated rings. The number of carbonyl (C=O) groups excluding carboxylic acids is 2. The number of aldehydes is 1. The highest BCUT2D eigenvalue weighted by Gasteiger charge is 2.29. The van der Waals surface area contributed by atoms with Crippen LogP contribution in [0.2, 0.25) is 0 Å². The summed E-state index contributed by atoms with van der Waals surface area (Å²) in [7, 11) is 0. The van der Waals surface area contributed by atoms with Crippen molar-refractivity contribution >= 4 is 23.6 Å². The van der Waals surface area contributed by atoms with Crippen LogP contribution in [0, 0.1) is 25.6 Å². The molecular weight excluding hydrogens is 634 g/mol. The van der Waals surface area contributed by atoms with E-state index in [-0.39, 0.29) is 23.7 Å². The summed E-state index contributed by atoms with van der Waals surface area (Å²) in [5.41, 5.74) is 8.39. The topological polar surface area (TPSA) is 53.0 Å². The highest BCUT2D eigenvalue weighted by atomic mass is 19.1. The van der Waals surface area contributed by atoms with Gasteiger partial charge in [-0.15, -0.1) is 0 Å². The molecule has 1 heterocycles. The van der Waals surface area contributed by atoms with E-state index in [4.69, 9.17) is 4.99 Å². The molecule has 0 spiro atoms. The van der Waals surface area contributed by atoms with Gasteiger partial charge in [0, 0.05) is 54.1 Å². The van der Waals surface area contributed by atoms with E-state index < -0.39 is 0 Å². The van der Waals surface area contributed by atoms with Crippen LogP contribution in [0.1, 0.15) is 107 Å². The molecule has 4 rings (SSSR count). The zero-order valence-electron chi connectivity index (χ0n) is 32.5. The molecule has 1 saturated heterocycles. The Balaban J connectivity index is 0.00000217. The summed E-state index contributed by atoms with van der Waals surface area (Å²) >= 11 is 0. The van der Waals surface area contributed by atoms with Gasteiger partial charge in [0.25, 0.3) is 5.91 Å². The number of piperidine rings is 1. The summed E-state index contributed by atoms with van der Waals surface area (Å²) < 4.78 is 14.1. The molecule has 3 aromatic carbocycles. The average molecular weight is 694 g/mol. The minimum atomic E-state index is -0.250. The minimum absolute atomic E-state index is 0.0184. The van der Waals surface area contributed by atoms with Gasteiger partial charge in [0.15, 0.2) is 0 Å². The SMILES string of the molecule is C=C(C1CCN(C(=O)c2ccc(C(=NC(C)CC)C(/C=C\C=O)=C/CC)c(C)c2)CC1)N(Cc1cccc(F)c1)c1ccccc1C.CC.CC. The number of carbonyl (C=O) groups is 2. The van der Waals surface area contributed by atoms with Crippen LogP contribution in [0.5, 0.6) is 0 Å². The van der Waals surface area contributed by atoms with Crippen molar-refractivity contribution in [3.8, 4) is 0 Å². The third-order valence-electron chi connectivity index (χ3n) is 8.96. The molecule has 5 nitrogen and oxygen atoms in total. The van der Waals surface area contributed by atoms with Crippen LogP contribution >= 0.6 is 0 Å². The molecule has 6 heteroatoms. The van der Waals surface area contributed by atoms with Gasteiger partial charge in [0.2, 0.25) is 0 Å². The van der Waals surface area contributed by atoms with E-state index in [9.17, 15) is 14.0 Å². The van der Waals surface area contributed by atoms with Crippen molar-refractivity contribution in [2.24, 2.45) is 10.9 Å². The van der Waals surface area contributed by atoms with Gasteiger partial charge in [-0.3, -0.25) is 14.6 Å². The van der Waals surface area contributed by atoms with Crippen molar-refractivity contribution in [3.05, 3.63) is 136 Å². The Kier molecular flexibility index (Phi) is 18.6. The molecule has 0 radical (unpaired) electrons. The van der Waals surface area contributed by atoms with E-state index in [1.807, 2.05) is 82.0 Å². The fraction of sp³-hybridized carbons (Fsp3) is 0.400. The second-order valence-corrected chi connectivity index (χ2v) is 12.4. The largest absolute Gasteiger partial charge is 0.341 e. The summed E-state index contributed by atoms with van der Waals surface area (Å²) in [6.45, 7) is 24.7. The Morgan fingerprint density at radius 2 is 1.67 bits per heavy atom. The standard InChI is InChI=1S/C41H48FN3O2.2C2H6/c1-7-13-35(16-12-25-46)40(43-31(5)8-2)38-20-19-36(26-30(38)4)41(47)44-23-21-34(22-24-44)32(6)45(39-18-10-9-14-29(39)3)28-33-15-11-17-37(42)27-33;2*1-2/h9-20,25-27,31,34H,6-8,21-24,28H2,1-5H3;2*1-2H3/b16-12-,35-13+,43-40?;;. The maximum atomic E-state index is 14.1. The van der Waals surface area contributed by atoms with Crippen LogP contribution in [0.25, 0.3) is 0 Å². The Morgan fingerprint density at radius 1 is 0.980 bits per heavy atom. The summed E-state index contributed by atoms with van der Waals surface area (Å²) in [5.74, 6) is -0.0387. The van der Waals surface area contributed by atoms with Gasteiger partial charge < -0.3 is 9.80 Å². The fourth-order valence-electron chi connectivity index (χ4n) is 6.12. The molecule has 1 unspecified atom stereocenters. The van der Waals surface area contributed by atoms with Crippen LogP contribution in [0.4, 0.5) is 10.1 Å². The van der Waals surface area contributed by atoms with Gasteiger partial charge in [-0.25, -0.2) is 4.39 Å². The van der Waals surface area contributed by atoms with Crippen molar-refractivity contribution < 1.29 is 14.0 Å². The predicted octanol–water partition coefficient (Wildman–Crippen LogP) is 11.2. The number of aliphatic imine (C=N–C) groups is 1. The lowest BCUT2D eigenvalue weighted by Crippen LogP contribution is -2.40. The lowest BCUT2D eigenvalue weighted by Gasteiger charge is -2.38. The van der Waals surface area contributed by atoms with E-state index in [2.05, 4.69) is 57.4 Å². The number of anilines is 1. The van der Waals surface area contributed by atoms with Gasteiger partial charge in [0.1, 0.15) is 12.1 Å².